The van der Waals surface area contributed by atoms with Gasteiger partial charge < -0.3 is 15.0 Å². The number of nitrogens with zero attached hydrogens (tertiary/aromatic N) is 6. The molecule has 0 spiro atoms. The molecule has 4 heterocycles. The Kier molecular flexibility index (Phi) is 4.09. The summed E-state index contributed by atoms with van der Waals surface area (Å²) in [6.45, 7) is 1.32. The molecule has 1 atom stereocenters. The van der Waals surface area contributed by atoms with Crippen LogP contribution in [0.3, 0.4) is 0 Å². The molecular formula is C15H16N8O2. The molecule has 0 radical (unpaired) electrons. The average Bonchev–Trinajstić information content (AvgIpc) is 3.36. The third-order valence-electron chi connectivity index (χ3n) is 3.88. The quantitative estimate of drug-likeness (QED) is 0.735. The molecule has 3 aromatic rings. The lowest BCUT2D eigenvalue weighted by Crippen LogP contribution is -2.45. The number of morpholine rings is 1. The molecule has 0 aromatic carbocycles. The van der Waals surface area contributed by atoms with Crippen molar-refractivity contribution in [3.05, 3.63) is 48.9 Å². The minimum Gasteiger partial charge on any atom is -0.377 e. The first-order chi connectivity index (χ1) is 12.3. The molecule has 3 aromatic heterocycles. The maximum absolute atomic E-state index is 12.6. The van der Waals surface area contributed by atoms with Gasteiger partial charge in [0.1, 0.15) is 18.2 Å². The number of urea groups is 1. The van der Waals surface area contributed by atoms with Gasteiger partial charge in [0.2, 0.25) is 0 Å². The highest BCUT2D eigenvalue weighted by Gasteiger charge is 2.30. The molecule has 10 nitrogen and oxygen atoms in total. The minimum atomic E-state index is -0.299. The maximum atomic E-state index is 12.6. The van der Waals surface area contributed by atoms with Crippen LogP contribution in [0.1, 0.15) is 11.9 Å². The van der Waals surface area contributed by atoms with Crippen LogP contribution >= 0.6 is 0 Å². The molecule has 0 aliphatic carbocycles. The van der Waals surface area contributed by atoms with Crippen LogP contribution in [0.5, 0.6) is 0 Å². The van der Waals surface area contributed by atoms with Gasteiger partial charge >= 0.3 is 6.03 Å². The number of carbonyl (C=O) groups is 1. The monoisotopic (exact) mass is 340 g/mol. The molecule has 0 saturated carbocycles. The van der Waals surface area contributed by atoms with Gasteiger partial charge in [-0.1, -0.05) is 0 Å². The van der Waals surface area contributed by atoms with Gasteiger partial charge in [0, 0.05) is 18.9 Å². The fourth-order valence-corrected chi connectivity index (χ4v) is 2.64. The van der Waals surface area contributed by atoms with Crippen molar-refractivity contribution in [3.8, 4) is 5.82 Å². The number of hydrogen-bond acceptors (Lipinski definition) is 6. The fourth-order valence-electron chi connectivity index (χ4n) is 2.64. The van der Waals surface area contributed by atoms with Crippen LogP contribution in [0, 0.1) is 0 Å². The van der Waals surface area contributed by atoms with Crippen molar-refractivity contribution in [3.63, 3.8) is 0 Å². The first-order valence-corrected chi connectivity index (χ1v) is 7.78. The predicted octanol–water partition coefficient (Wildman–Crippen LogP) is 0.991. The smallest absolute Gasteiger partial charge is 0.322 e. The number of nitrogens with one attached hydrogen (secondary N) is 2. The number of anilines is 1. The summed E-state index contributed by atoms with van der Waals surface area (Å²) in [5.41, 5.74) is 0.601. The van der Waals surface area contributed by atoms with Gasteiger partial charge in [0.25, 0.3) is 0 Å². The Bertz CT molecular complexity index is 816. The number of aromatic amines is 1. The van der Waals surface area contributed by atoms with Crippen molar-refractivity contribution >= 4 is 11.7 Å². The van der Waals surface area contributed by atoms with E-state index in [1.54, 1.807) is 40.3 Å². The first kappa shape index (κ1) is 15.3. The van der Waals surface area contributed by atoms with Crippen LogP contribution in [0.4, 0.5) is 10.5 Å². The van der Waals surface area contributed by atoms with Gasteiger partial charge in [-0.3, -0.25) is 5.10 Å². The van der Waals surface area contributed by atoms with Crippen LogP contribution in [-0.2, 0) is 4.74 Å². The molecule has 0 unspecified atom stereocenters. The van der Waals surface area contributed by atoms with Crippen molar-refractivity contribution in [2.45, 2.75) is 6.04 Å². The lowest BCUT2D eigenvalue weighted by atomic mass is 10.2. The van der Waals surface area contributed by atoms with Gasteiger partial charge in [-0.05, 0) is 18.2 Å². The summed E-state index contributed by atoms with van der Waals surface area (Å²) in [5, 5.41) is 13.6. The maximum Gasteiger partial charge on any atom is 0.322 e. The number of rotatable bonds is 3. The number of H-pyrrole nitrogens is 1. The summed E-state index contributed by atoms with van der Waals surface area (Å²) in [7, 11) is 0. The van der Waals surface area contributed by atoms with Crippen molar-refractivity contribution in [1.82, 2.24) is 34.8 Å². The van der Waals surface area contributed by atoms with E-state index in [1.165, 1.54) is 6.33 Å². The van der Waals surface area contributed by atoms with Gasteiger partial charge in [-0.25, -0.2) is 19.4 Å². The normalized spacial score (nSPS) is 17.4. The van der Waals surface area contributed by atoms with Crippen LogP contribution in [0.2, 0.25) is 0 Å². The van der Waals surface area contributed by atoms with Crippen molar-refractivity contribution in [2.24, 2.45) is 0 Å². The standard InChI is InChI=1S/C15H16N8O2/c24-15(22-6-7-25-9-12(22)14-17-10-18-21-14)20-11-2-3-13(16-8-11)23-5-1-4-19-23/h1-5,8,10,12H,6-7,9H2,(H,20,24)(H,17,18,21)/t12-/m1/s1. The SMILES string of the molecule is O=C(Nc1ccc(-n2cccn2)nc1)N1CCOC[C@@H]1c1ncn[nH]1. The van der Waals surface area contributed by atoms with Crippen LogP contribution in [-0.4, -0.2) is 60.6 Å². The lowest BCUT2D eigenvalue weighted by molar-refractivity contribution is 0.0118. The minimum absolute atomic E-state index is 0.238. The molecule has 1 aliphatic heterocycles. The zero-order valence-electron chi connectivity index (χ0n) is 13.2. The van der Waals surface area contributed by atoms with E-state index >= 15 is 0 Å². The third kappa shape index (κ3) is 3.19. The van der Waals surface area contributed by atoms with Crippen LogP contribution in [0.15, 0.2) is 43.1 Å². The van der Waals surface area contributed by atoms with E-state index in [4.69, 9.17) is 4.74 Å². The second-order valence-electron chi connectivity index (χ2n) is 5.44. The number of amides is 2. The first-order valence-electron chi connectivity index (χ1n) is 7.78. The molecule has 0 bridgehead atoms. The van der Waals surface area contributed by atoms with Gasteiger partial charge in [-0.15, -0.1) is 0 Å². The molecule has 128 valence electrons. The number of aromatic nitrogens is 6. The Balaban J connectivity index is 1.47. The van der Waals surface area contributed by atoms with Gasteiger partial charge in [0.15, 0.2) is 5.82 Å². The third-order valence-corrected chi connectivity index (χ3v) is 3.88. The molecular weight excluding hydrogens is 324 g/mol. The highest BCUT2D eigenvalue weighted by atomic mass is 16.5. The zero-order chi connectivity index (χ0) is 17.1. The number of carbonyl (C=O) groups excluding carboxylic acids is 1. The van der Waals surface area contributed by atoms with Crippen molar-refractivity contribution < 1.29 is 9.53 Å². The van der Waals surface area contributed by atoms with Gasteiger partial charge in [0.05, 0.1) is 25.1 Å². The van der Waals surface area contributed by atoms with E-state index in [-0.39, 0.29) is 12.1 Å². The topological polar surface area (TPSA) is 114 Å². The van der Waals surface area contributed by atoms with E-state index in [2.05, 4.69) is 30.6 Å². The Morgan fingerprint density at radius 1 is 1.36 bits per heavy atom. The number of ether oxygens (including phenoxy) is 1. The molecule has 4 rings (SSSR count). The largest absolute Gasteiger partial charge is 0.377 e. The van der Waals surface area contributed by atoms with Gasteiger partial charge in [-0.2, -0.15) is 10.2 Å². The highest BCUT2D eigenvalue weighted by Crippen LogP contribution is 2.22. The van der Waals surface area contributed by atoms with Crippen molar-refractivity contribution in [1.29, 1.82) is 0 Å². The summed E-state index contributed by atoms with van der Waals surface area (Å²) in [5.74, 6) is 1.27. The summed E-state index contributed by atoms with van der Waals surface area (Å²) in [4.78, 5) is 22.7. The molecule has 2 amide bonds. The van der Waals surface area contributed by atoms with E-state index in [9.17, 15) is 4.79 Å². The second kappa shape index (κ2) is 6.69. The van der Waals surface area contributed by atoms with E-state index in [1.807, 2.05) is 6.07 Å². The average molecular weight is 340 g/mol. The summed E-state index contributed by atoms with van der Waals surface area (Å²) < 4.78 is 7.11. The predicted molar refractivity (Wildman–Crippen MR) is 87.0 cm³/mol. The summed E-state index contributed by atoms with van der Waals surface area (Å²) >= 11 is 0. The molecule has 1 aliphatic rings. The Labute approximate surface area is 142 Å². The Morgan fingerprint density at radius 3 is 3.04 bits per heavy atom. The zero-order valence-corrected chi connectivity index (χ0v) is 13.2. The molecule has 1 saturated heterocycles. The van der Waals surface area contributed by atoms with E-state index in [0.717, 1.165) is 0 Å². The fraction of sp³-hybridized carbons (Fsp3) is 0.267. The van der Waals surface area contributed by atoms with Crippen LogP contribution in [0.25, 0.3) is 5.82 Å². The second-order valence-corrected chi connectivity index (χ2v) is 5.44. The molecule has 2 N–H and O–H groups in total. The Morgan fingerprint density at radius 2 is 2.32 bits per heavy atom. The molecule has 1 fully saturated rings. The van der Waals surface area contributed by atoms with Crippen molar-refractivity contribution in [2.75, 3.05) is 25.1 Å². The van der Waals surface area contributed by atoms with E-state index < -0.39 is 0 Å². The summed E-state index contributed by atoms with van der Waals surface area (Å²) in [6, 6.07) is 4.85. The Hall–Kier alpha value is -3.27. The van der Waals surface area contributed by atoms with E-state index in [0.29, 0.717) is 37.1 Å². The molecule has 10 heteroatoms. The summed E-state index contributed by atoms with van der Waals surface area (Å²) in [6.07, 6.45) is 6.49. The highest BCUT2D eigenvalue weighted by molar-refractivity contribution is 5.89. The molecule has 25 heavy (non-hydrogen) atoms. The number of hydrogen-bond donors (Lipinski definition) is 2. The van der Waals surface area contributed by atoms with Crippen LogP contribution < -0.4 is 5.32 Å². The number of pyridine rings is 1. The lowest BCUT2D eigenvalue weighted by Gasteiger charge is -2.34.